The lowest BCUT2D eigenvalue weighted by Crippen LogP contribution is -2.26. The SMILES string of the molecule is Cc1cc(C(=O)CN(C)Cc2cccc(F)c2)c(C)n1C(C)c1ccccc1. The molecule has 0 aliphatic carbocycles. The van der Waals surface area contributed by atoms with Crippen molar-refractivity contribution in [3.8, 4) is 0 Å². The van der Waals surface area contributed by atoms with Gasteiger partial charge in [0.05, 0.1) is 12.6 Å². The number of benzene rings is 2. The number of rotatable bonds is 7. The van der Waals surface area contributed by atoms with E-state index in [1.54, 1.807) is 6.07 Å². The second kappa shape index (κ2) is 8.53. The smallest absolute Gasteiger partial charge is 0.178 e. The summed E-state index contributed by atoms with van der Waals surface area (Å²) in [6.45, 7) is 7.02. The van der Waals surface area contributed by atoms with E-state index in [9.17, 15) is 9.18 Å². The zero-order valence-corrected chi connectivity index (χ0v) is 16.9. The first-order valence-corrected chi connectivity index (χ1v) is 9.56. The van der Waals surface area contributed by atoms with Gasteiger partial charge in [0.1, 0.15) is 5.82 Å². The summed E-state index contributed by atoms with van der Waals surface area (Å²) in [5.74, 6) is -0.172. The fourth-order valence-corrected chi connectivity index (χ4v) is 3.87. The van der Waals surface area contributed by atoms with Gasteiger partial charge in [-0.3, -0.25) is 9.69 Å². The maximum absolute atomic E-state index is 13.4. The molecule has 0 amide bonds. The zero-order valence-electron chi connectivity index (χ0n) is 16.9. The molecule has 0 radical (unpaired) electrons. The highest BCUT2D eigenvalue weighted by molar-refractivity contribution is 5.99. The van der Waals surface area contributed by atoms with Crippen molar-refractivity contribution in [1.29, 1.82) is 0 Å². The van der Waals surface area contributed by atoms with E-state index >= 15 is 0 Å². The number of likely N-dealkylation sites (N-methyl/N-ethyl adjacent to an activating group) is 1. The van der Waals surface area contributed by atoms with Gasteiger partial charge in [0.25, 0.3) is 0 Å². The molecule has 3 aromatic rings. The maximum atomic E-state index is 13.4. The number of Topliss-reactive ketones (excluding diaryl/α,β-unsaturated/α-hetero) is 1. The van der Waals surface area contributed by atoms with Crippen LogP contribution in [0.25, 0.3) is 0 Å². The Labute approximate surface area is 166 Å². The quantitative estimate of drug-likeness (QED) is 0.530. The maximum Gasteiger partial charge on any atom is 0.178 e. The Kier molecular flexibility index (Phi) is 6.10. The van der Waals surface area contributed by atoms with Crippen LogP contribution < -0.4 is 0 Å². The molecule has 0 N–H and O–H groups in total. The molecule has 28 heavy (non-hydrogen) atoms. The first-order chi connectivity index (χ1) is 13.4. The van der Waals surface area contributed by atoms with Crippen LogP contribution in [0.2, 0.25) is 0 Å². The fraction of sp³-hybridized carbons (Fsp3) is 0.292. The molecule has 4 heteroatoms. The van der Waals surface area contributed by atoms with E-state index in [2.05, 4.69) is 23.6 Å². The summed E-state index contributed by atoms with van der Waals surface area (Å²) in [5, 5.41) is 0. The number of hydrogen-bond donors (Lipinski definition) is 0. The van der Waals surface area contributed by atoms with Gasteiger partial charge in [-0.15, -0.1) is 0 Å². The minimum absolute atomic E-state index is 0.0820. The lowest BCUT2D eigenvalue weighted by molar-refractivity contribution is 0.0942. The number of nitrogens with zero attached hydrogens (tertiary/aromatic N) is 2. The predicted molar refractivity (Wildman–Crippen MR) is 111 cm³/mol. The van der Waals surface area contributed by atoms with Crippen molar-refractivity contribution >= 4 is 5.78 Å². The normalized spacial score (nSPS) is 12.4. The third kappa shape index (κ3) is 4.39. The monoisotopic (exact) mass is 378 g/mol. The Morgan fingerprint density at radius 1 is 1.07 bits per heavy atom. The van der Waals surface area contributed by atoms with Gasteiger partial charge in [-0.1, -0.05) is 42.5 Å². The van der Waals surface area contributed by atoms with Gasteiger partial charge in [0.2, 0.25) is 0 Å². The topological polar surface area (TPSA) is 25.2 Å². The Morgan fingerprint density at radius 3 is 2.46 bits per heavy atom. The fourth-order valence-electron chi connectivity index (χ4n) is 3.87. The number of carbonyl (C=O) groups is 1. The molecule has 0 saturated heterocycles. The van der Waals surface area contributed by atoms with Crippen molar-refractivity contribution in [2.24, 2.45) is 0 Å². The molecule has 0 aliphatic heterocycles. The molecule has 146 valence electrons. The number of aryl methyl sites for hydroxylation is 1. The predicted octanol–water partition coefficient (Wildman–Crippen LogP) is 5.17. The minimum atomic E-state index is -0.254. The number of halogens is 1. The van der Waals surface area contributed by atoms with E-state index in [4.69, 9.17) is 0 Å². The summed E-state index contributed by atoms with van der Waals surface area (Å²) in [6.07, 6.45) is 0. The Hall–Kier alpha value is -2.72. The van der Waals surface area contributed by atoms with Crippen molar-refractivity contribution in [1.82, 2.24) is 9.47 Å². The highest BCUT2D eigenvalue weighted by Gasteiger charge is 2.20. The summed E-state index contributed by atoms with van der Waals surface area (Å²) >= 11 is 0. The lowest BCUT2D eigenvalue weighted by Gasteiger charge is -2.19. The van der Waals surface area contributed by atoms with E-state index in [1.807, 2.05) is 56.1 Å². The average Bonchev–Trinajstić information content (AvgIpc) is 2.96. The zero-order chi connectivity index (χ0) is 20.3. The second-order valence-corrected chi connectivity index (χ2v) is 7.47. The van der Waals surface area contributed by atoms with Gasteiger partial charge in [0, 0.05) is 23.5 Å². The van der Waals surface area contributed by atoms with E-state index in [1.165, 1.54) is 17.7 Å². The molecular weight excluding hydrogens is 351 g/mol. The van der Waals surface area contributed by atoms with Gasteiger partial charge < -0.3 is 4.57 Å². The molecule has 0 spiro atoms. The molecule has 1 atom stereocenters. The number of hydrogen-bond acceptors (Lipinski definition) is 2. The van der Waals surface area contributed by atoms with Crippen molar-refractivity contribution in [2.75, 3.05) is 13.6 Å². The van der Waals surface area contributed by atoms with E-state index in [0.717, 1.165) is 22.5 Å². The first-order valence-electron chi connectivity index (χ1n) is 9.56. The van der Waals surface area contributed by atoms with Crippen molar-refractivity contribution in [2.45, 2.75) is 33.4 Å². The van der Waals surface area contributed by atoms with Crippen LogP contribution in [-0.4, -0.2) is 28.8 Å². The highest BCUT2D eigenvalue weighted by atomic mass is 19.1. The average molecular weight is 378 g/mol. The Bertz CT molecular complexity index is 962. The molecule has 1 aromatic heterocycles. The molecular formula is C24H27FN2O. The first kappa shape index (κ1) is 20.0. The van der Waals surface area contributed by atoms with E-state index in [0.29, 0.717) is 13.1 Å². The number of carbonyl (C=O) groups excluding carboxylic acids is 1. The molecule has 0 fully saturated rings. The lowest BCUT2D eigenvalue weighted by atomic mass is 10.1. The van der Waals surface area contributed by atoms with Crippen LogP contribution in [0.5, 0.6) is 0 Å². The molecule has 0 bridgehead atoms. The van der Waals surface area contributed by atoms with Crippen LogP contribution >= 0.6 is 0 Å². The molecule has 1 heterocycles. The van der Waals surface area contributed by atoms with Crippen molar-refractivity contribution in [3.63, 3.8) is 0 Å². The van der Waals surface area contributed by atoms with Crippen LogP contribution in [0, 0.1) is 19.7 Å². The van der Waals surface area contributed by atoms with Gasteiger partial charge in [-0.25, -0.2) is 4.39 Å². The third-order valence-electron chi connectivity index (χ3n) is 5.21. The van der Waals surface area contributed by atoms with Crippen molar-refractivity contribution < 1.29 is 9.18 Å². The summed E-state index contributed by atoms with van der Waals surface area (Å²) < 4.78 is 15.6. The van der Waals surface area contributed by atoms with Gasteiger partial charge in [0.15, 0.2) is 5.78 Å². The third-order valence-corrected chi connectivity index (χ3v) is 5.21. The van der Waals surface area contributed by atoms with Crippen LogP contribution in [0.4, 0.5) is 4.39 Å². The molecule has 1 unspecified atom stereocenters. The van der Waals surface area contributed by atoms with E-state index < -0.39 is 0 Å². The van der Waals surface area contributed by atoms with Crippen molar-refractivity contribution in [3.05, 3.63) is 94.6 Å². The molecule has 2 aromatic carbocycles. The number of ketones is 1. The summed E-state index contributed by atoms with van der Waals surface area (Å²) in [7, 11) is 1.88. The Balaban J connectivity index is 1.75. The summed E-state index contributed by atoms with van der Waals surface area (Å²) in [5.41, 5.74) is 4.89. The Morgan fingerprint density at radius 2 is 1.79 bits per heavy atom. The van der Waals surface area contributed by atoms with Crippen LogP contribution in [0.3, 0.4) is 0 Å². The molecule has 3 nitrogen and oxygen atoms in total. The largest absolute Gasteiger partial charge is 0.341 e. The van der Waals surface area contributed by atoms with Gasteiger partial charge in [-0.2, -0.15) is 0 Å². The van der Waals surface area contributed by atoms with Gasteiger partial charge in [-0.05, 0) is 57.1 Å². The van der Waals surface area contributed by atoms with E-state index in [-0.39, 0.29) is 17.6 Å². The standard InChI is InChI=1S/C24H27FN2O/c1-17-13-23(19(3)27(17)18(2)21-10-6-5-7-11-21)24(28)16-26(4)15-20-9-8-12-22(25)14-20/h5-14,18H,15-16H2,1-4H3. The van der Waals surface area contributed by atoms with Crippen LogP contribution in [0.15, 0.2) is 60.7 Å². The molecule has 0 aliphatic rings. The highest BCUT2D eigenvalue weighted by Crippen LogP contribution is 2.26. The van der Waals surface area contributed by atoms with Crippen LogP contribution in [-0.2, 0) is 6.54 Å². The second-order valence-electron chi connectivity index (χ2n) is 7.47. The minimum Gasteiger partial charge on any atom is -0.341 e. The van der Waals surface area contributed by atoms with Crippen LogP contribution in [0.1, 0.15) is 45.8 Å². The summed E-state index contributed by atoms with van der Waals surface area (Å²) in [6, 6.07) is 18.9. The number of aromatic nitrogens is 1. The molecule has 3 rings (SSSR count). The van der Waals surface area contributed by atoms with Gasteiger partial charge >= 0.3 is 0 Å². The molecule has 0 saturated carbocycles. The summed E-state index contributed by atoms with van der Waals surface area (Å²) in [4.78, 5) is 14.8.